The largest absolute Gasteiger partial charge is 0.493 e. The molecule has 0 aliphatic rings. The second-order valence-corrected chi connectivity index (χ2v) is 5.79. The summed E-state index contributed by atoms with van der Waals surface area (Å²) in [5.41, 5.74) is 1.32. The third-order valence-corrected chi connectivity index (χ3v) is 4.10. The maximum Gasteiger partial charge on any atom is 0.297 e. The van der Waals surface area contributed by atoms with Crippen LogP contribution in [0, 0.1) is 5.82 Å². The van der Waals surface area contributed by atoms with Crippen molar-refractivity contribution in [2.24, 2.45) is 0 Å². The number of rotatable bonds is 7. The van der Waals surface area contributed by atoms with Crippen molar-refractivity contribution in [3.63, 3.8) is 0 Å². The number of hydrogen-bond donors (Lipinski definition) is 1. The number of benzene rings is 2. The van der Waals surface area contributed by atoms with Crippen molar-refractivity contribution in [1.82, 2.24) is 9.55 Å². The minimum Gasteiger partial charge on any atom is -0.493 e. The molecule has 3 aromatic rings. The Bertz CT molecular complexity index is 971. The second-order valence-electron chi connectivity index (χ2n) is 5.79. The number of nitrogens with one attached hydrogen (secondary N) is 1. The van der Waals surface area contributed by atoms with Gasteiger partial charge in [0.25, 0.3) is 5.56 Å². The summed E-state index contributed by atoms with van der Waals surface area (Å²) < 4.78 is 25.0. The van der Waals surface area contributed by atoms with Crippen LogP contribution in [0.5, 0.6) is 11.5 Å². The van der Waals surface area contributed by atoms with Crippen LogP contribution in [0.2, 0.25) is 0 Å². The van der Waals surface area contributed by atoms with E-state index in [2.05, 4.69) is 10.3 Å². The summed E-state index contributed by atoms with van der Waals surface area (Å²) in [6, 6.07) is 11.4. The molecule has 2 aromatic carbocycles. The Balaban J connectivity index is 1.71. The number of nitrogens with zero attached hydrogens (tertiary/aromatic N) is 2. The van der Waals surface area contributed by atoms with Gasteiger partial charge in [-0.25, -0.2) is 9.37 Å². The molecule has 0 radical (unpaired) electrons. The predicted octanol–water partition coefficient (Wildman–Crippen LogP) is 3.04. The van der Waals surface area contributed by atoms with Crippen LogP contribution in [-0.4, -0.2) is 30.3 Å². The van der Waals surface area contributed by atoms with Gasteiger partial charge in [0.1, 0.15) is 5.82 Å². The highest BCUT2D eigenvalue weighted by atomic mass is 19.1. The minimum absolute atomic E-state index is 0.238. The highest BCUT2D eigenvalue weighted by Gasteiger charge is 2.08. The first kappa shape index (κ1) is 18.4. The van der Waals surface area contributed by atoms with Gasteiger partial charge < -0.3 is 14.8 Å². The van der Waals surface area contributed by atoms with Gasteiger partial charge in [-0.05, 0) is 48.4 Å². The molecule has 0 fully saturated rings. The summed E-state index contributed by atoms with van der Waals surface area (Å²) in [4.78, 5) is 16.7. The van der Waals surface area contributed by atoms with E-state index in [1.54, 1.807) is 32.5 Å². The maximum absolute atomic E-state index is 13.1. The lowest BCUT2D eigenvalue weighted by molar-refractivity contribution is 0.354. The molecule has 1 heterocycles. The van der Waals surface area contributed by atoms with Crippen molar-refractivity contribution >= 4 is 5.82 Å². The number of methoxy groups -OCH3 is 2. The lowest BCUT2D eigenvalue weighted by Crippen LogP contribution is -2.24. The normalized spacial score (nSPS) is 10.5. The lowest BCUT2D eigenvalue weighted by Gasteiger charge is -2.11. The van der Waals surface area contributed by atoms with E-state index < -0.39 is 0 Å². The van der Waals surface area contributed by atoms with E-state index in [0.29, 0.717) is 30.2 Å². The average Bonchev–Trinajstić information content (AvgIpc) is 2.70. The topological polar surface area (TPSA) is 65.4 Å². The van der Waals surface area contributed by atoms with Gasteiger partial charge in [0.15, 0.2) is 17.3 Å². The summed E-state index contributed by atoms with van der Waals surface area (Å²) in [5, 5.41) is 3.06. The van der Waals surface area contributed by atoms with E-state index in [1.165, 1.54) is 22.9 Å². The van der Waals surface area contributed by atoms with Crippen LogP contribution >= 0.6 is 0 Å². The van der Waals surface area contributed by atoms with E-state index >= 15 is 0 Å². The third kappa shape index (κ3) is 4.25. The fraction of sp³-hybridized carbons (Fsp3) is 0.200. The maximum atomic E-state index is 13.1. The number of ether oxygens (including phenoxy) is 2. The van der Waals surface area contributed by atoms with Crippen LogP contribution in [0.4, 0.5) is 10.2 Å². The first-order chi connectivity index (χ1) is 13.1. The molecule has 1 N–H and O–H groups in total. The molecule has 6 nitrogen and oxygen atoms in total. The van der Waals surface area contributed by atoms with E-state index in [-0.39, 0.29) is 17.2 Å². The number of halogens is 1. The van der Waals surface area contributed by atoms with Gasteiger partial charge in [-0.15, -0.1) is 0 Å². The second kappa shape index (κ2) is 8.35. The van der Waals surface area contributed by atoms with Gasteiger partial charge in [0.05, 0.1) is 14.2 Å². The summed E-state index contributed by atoms with van der Waals surface area (Å²) >= 11 is 0. The third-order valence-electron chi connectivity index (χ3n) is 4.10. The van der Waals surface area contributed by atoms with Crippen LogP contribution in [0.1, 0.15) is 5.56 Å². The van der Waals surface area contributed by atoms with Crippen molar-refractivity contribution in [2.45, 2.75) is 6.42 Å². The molecule has 3 rings (SSSR count). The number of hydrogen-bond acceptors (Lipinski definition) is 5. The average molecular weight is 369 g/mol. The van der Waals surface area contributed by atoms with Crippen LogP contribution in [-0.2, 0) is 6.42 Å². The zero-order valence-corrected chi connectivity index (χ0v) is 15.1. The zero-order chi connectivity index (χ0) is 19.2. The monoisotopic (exact) mass is 369 g/mol. The van der Waals surface area contributed by atoms with Crippen molar-refractivity contribution in [1.29, 1.82) is 0 Å². The minimum atomic E-state index is -0.353. The SMILES string of the molecule is COc1ccc(CCNc2nccn(-c3ccc(F)cc3)c2=O)cc1OC. The molecular weight excluding hydrogens is 349 g/mol. The first-order valence-electron chi connectivity index (χ1n) is 8.40. The molecule has 0 saturated carbocycles. The number of anilines is 1. The molecule has 0 saturated heterocycles. The van der Waals surface area contributed by atoms with Crippen LogP contribution in [0.25, 0.3) is 5.69 Å². The molecule has 7 heteroatoms. The van der Waals surface area contributed by atoms with Gasteiger partial charge in [-0.2, -0.15) is 0 Å². The molecule has 1 aromatic heterocycles. The van der Waals surface area contributed by atoms with Gasteiger partial charge in [-0.3, -0.25) is 9.36 Å². The number of aromatic nitrogens is 2. The van der Waals surface area contributed by atoms with E-state index in [4.69, 9.17) is 9.47 Å². The molecule has 0 aliphatic carbocycles. The van der Waals surface area contributed by atoms with Crippen LogP contribution in [0.15, 0.2) is 59.7 Å². The molecule has 27 heavy (non-hydrogen) atoms. The fourth-order valence-corrected chi connectivity index (χ4v) is 2.70. The summed E-state index contributed by atoms with van der Waals surface area (Å²) in [6.07, 6.45) is 3.76. The molecule has 0 aliphatic heterocycles. The van der Waals surface area contributed by atoms with Crippen molar-refractivity contribution in [3.8, 4) is 17.2 Å². The highest BCUT2D eigenvalue weighted by molar-refractivity contribution is 5.43. The van der Waals surface area contributed by atoms with E-state index in [0.717, 1.165) is 5.56 Å². The molecule has 0 bridgehead atoms. The zero-order valence-electron chi connectivity index (χ0n) is 15.1. The Morgan fingerprint density at radius 2 is 1.81 bits per heavy atom. The molecule has 0 amide bonds. The lowest BCUT2D eigenvalue weighted by atomic mass is 10.1. The molecule has 0 unspecified atom stereocenters. The van der Waals surface area contributed by atoms with E-state index in [9.17, 15) is 9.18 Å². The van der Waals surface area contributed by atoms with Crippen LogP contribution in [0.3, 0.4) is 0 Å². The Kier molecular flexibility index (Phi) is 5.71. The predicted molar refractivity (Wildman–Crippen MR) is 102 cm³/mol. The van der Waals surface area contributed by atoms with Crippen molar-refractivity contribution in [2.75, 3.05) is 26.1 Å². The Hall–Kier alpha value is -3.35. The van der Waals surface area contributed by atoms with Gasteiger partial charge >= 0.3 is 0 Å². The van der Waals surface area contributed by atoms with Gasteiger partial charge in [0.2, 0.25) is 0 Å². The Labute approximate surface area is 156 Å². The Morgan fingerprint density at radius 3 is 2.52 bits per heavy atom. The van der Waals surface area contributed by atoms with Gasteiger partial charge in [0, 0.05) is 24.6 Å². The summed E-state index contributed by atoms with van der Waals surface area (Å²) in [7, 11) is 3.18. The smallest absolute Gasteiger partial charge is 0.297 e. The molecule has 140 valence electrons. The highest BCUT2D eigenvalue weighted by Crippen LogP contribution is 2.27. The Morgan fingerprint density at radius 1 is 1.07 bits per heavy atom. The standard InChI is InChI=1S/C20H20FN3O3/c1-26-17-8-3-14(13-18(17)27-2)9-10-22-19-20(25)24(12-11-23-19)16-6-4-15(21)5-7-16/h3-8,11-13H,9-10H2,1-2H3,(H,22,23). The fourth-order valence-electron chi connectivity index (χ4n) is 2.70. The van der Waals surface area contributed by atoms with Crippen molar-refractivity contribution in [3.05, 3.63) is 76.6 Å². The quantitative estimate of drug-likeness (QED) is 0.693. The summed E-state index contributed by atoms with van der Waals surface area (Å²) in [6.45, 7) is 0.519. The van der Waals surface area contributed by atoms with Gasteiger partial charge in [-0.1, -0.05) is 6.07 Å². The molecule has 0 atom stereocenters. The summed E-state index contributed by atoms with van der Waals surface area (Å²) in [5.74, 6) is 1.21. The molecule has 0 spiro atoms. The van der Waals surface area contributed by atoms with Crippen molar-refractivity contribution < 1.29 is 13.9 Å². The van der Waals surface area contributed by atoms with Crippen LogP contribution < -0.4 is 20.3 Å². The molecular formula is C20H20FN3O3. The van der Waals surface area contributed by atoms with E-state index in [1.807, 2.05) is 18.2 Å². The first-order valence-corrected chi connectivity index (χ1v) is 8.40.